The number of aliphatic hydroxyl groups is 1. The normalized spacial score (nSPS) is 14.1. The van der Waals surface area contributed by atoms with Crippen LogP contribution in [0, 0.1) is 0 Å². The zero-order valence-electron chi connectivity index (χ0n) is 11.6. The number of ether oxygens (including phenoxy) is 2. The molecule has 18 heavy (non-hydrogen) atoms. The first-order chi connectivity index (χ1) is 8.65. The van der Waals surface area contributed by atoms with Crippen LogP contribution in [0.2, 0.25) is 0 Å². The van der Waals surface area contributed by atoms with Crippen LogP contribution in [-0.2, 0) is 0 Å². The van der Waals surface area contributed by atoms with Crippen LogP contribution in [0.3, 0.4) is 0 Å². The molecule has 0 aliphatic rings. The number of hydrogen-bond acceptors (Lipinski definition) is 4. The Morgan fingerprint density at radius 1 is 1.28 bits per heavy atom. The lowest BCUT2D eigenvalue weighted by Crippen LogP contribution is -2.32. The van der Waals surface area contributed by atoms with Gasteiger partial charge in [0, 0.05) is 17.7 Å². The summed E-state index contributed by atoms with van der Waals surface area (Å²) in [7, 11) is 3.24. The molecule has 0 heterocycles. The second-order valence-electron chi connectivity index (χ2n) is 4.32. The summed E-state index contributed by atoms with van der Waals surface area (Å²) in [4.78, 5) is 0. The molecule has 0 saturated carbocycles. The quantitative estimate of drug-likeness (QED) is 0.781. The fourth-order valence-corrected chi connectivity index (χ4v) is 1.81. The SMILES string of the molecule is CCC(C)NC(CO)c1ccc(OC)cc1OC. The third-order valence-electron chi connectivity index (χ3n) is 3.10. The van der Waals surface area contributed by atoms with Gasteiger partial charge in [0.25, 0.3) is 0 Å². The topological polar surface area (TPSA) is 50.7 Å². The fraction of sp³-hybridized carbons (Fsp3) is 0.571. The van der Waals surface area contributed by atoms with Gasteiger partial charge in [0.2, 0.25) is 0 Å². The smallest absolute Gasteiger partial charge is 0.127 e. The molecule has 0 saturated heterocycles. The number of rotatable bonds is 7. The molecule has 102 valence electrons. The highest BCUT2D eigenvalue weighted by Gasteiger charge is 2.17. The van der Waals surface area contributed by atoms with Crippen molar-refractivity contribution in [3.05, 3.63) is 23.8 Å². The van der Waals surface area contributed by atoms with Crippen LogP contribution >= 0.6 is 0 Å². The predicted octanol–water partition coefficient (Wildman–Crippen LogP) is 2.13. The van der Waals surface area contributed by atoms with Crippen LogP contribution in [0.1, 0.15) is 31.9 Å². The van der Waals surface area contributed by atoms with E-state index in [4.69, 9.17) is 9.47 Å². The molecule has 2 atom stereocenters. The van der Waals surface area contributed by atoms with Gasteiger partial charge in [-0.1, -0.05) is 6.92 Å². The first-order valence-electron chi connectivity index (χ1n) is 6.25. The van der Waals surface area contributed by atoms with Crippen molar-refractivity contribution in [3.63, 3.8) is 0 Å². The summed E-state index contributed by atoms with van der Waals surface area (Å²) < 4.78 is 10.5. The number of methoxy groups -OCH3 is 2. The zero-order chi connectivity index (χ0) is 13.5. The Hall–Kier alpha value is -1.26. The van der Waals surface area contributed by atoms with Gasteiger partial charge in [-0.15, -0.1) is 0 Å². The van der Waals surface area contributed by atoms with E-state index in [1.807, 2.05) is 18.2 Å². The first kappa shape index (κ1) is 14.8. The minimum absolute atomic E-state index is 0.0348. The second kappa shape index (κ2) is 7.24. The third-order valence-corrected chi connectivity index (χ3v) is 3.10. The molecule has 0 amide bonds. The lowest BCUT2D eigenvalue weighted by atomic mass is 10.0. The van der Waals surface area contributed by atoms with Crippen molar-refractivity contribution in [2.75, 3.05) is 20.8 Å². The first-order valence-corrected chi connectivity index (χ1v) is 6.25. The molecule has 2 unspecified atom stereocenters. The van der Waals surface area contributed by atoms with Gasteiger partial charge in [-0.2, -0.15) is 0 Å². The summed E-state index contributed by atoms with van der Waals surface area (Å²) in [6.07, 6.45) is 1.01. The summed E-state index contributed by atoms with van der Waals surface area (Å²) in [5.41, 5.74) is 0.945. The molecule has 0 radical (unpaired) electrons. The molecule has 0 aliphatic heterocycles. The minimum Gasteiger partial charge on any atom is -0.497 e. The van der Waals surface area contributed by atoms with Crippen molar-refractivity contribution in [1.82, 2.24) is 5.32 Å². The molecule has 1 rings (SSSR count). The van der Waals surface area contributed by atoms with E-state index in [1.54, 1.807) is 14.2 Å². The van der Waals surface area contributed by atoms with Gasteiger partial charge in [-0.25, -0.2) is 0 Å². The van der Waals surface area contributed by atoms with Gasteiger partial charge >= 0.3 is 0 Å². The average Bonchev–Trinajstić information content (AvgIpc) is 2.43. The number of benzene rings is 1. The van der Waals surface area contributed by atoms with E-state index >= 15 is 0 Å². The highest BCUT2D eigenvalue weighted by atomic mass is 16.5. The molecule has 4 nitrogen and oxygen atoms in total. The van der Waals surface area contributed by atoms with Crippen molar-refractivity contribution in [1.29, 1.82) is 0 Å². The predicted molar refractivity (Wildman–Crippen MR) is 72.3 cm³/mol. The Morgan fingerprint density at radius 2 is 2.00 bits per heavy atom. The van der Waals surface area contributed by atoms with Crippen molar-refractivity contribution in [2.24, 2.45) is 0 Å². The molecule has 0 fully saturated rings. The lowest BCUT2D eigenvalue weighted by Gasteiger charge is -2.23. The van der Waals surface area contributed by atoms with E-state index < -0.39 is 0 Å². The van der Waals surface area contributed by atoms with Crippen molar-refractivity contribution < 1.29 is 14.6 Å². The summed E-state index contributed by atoms with van der Waals surface area (Å²) >= 11 is 0. The van der Waals surface area contributed by atoms with Gasteiger partial charge in [-0.05, 0) is 25.5 Å². The maximum absolute atomic E-state index is 9.52. The molecular weight excluding hydrogens is 230 g/mol. The van der Waals surface area contributed by atoms with Crippen molar-refractivity contribution in [3.8, 4) is 11.5 Å². The Morgan fingerprint density at radius 3 is 2.50 bits per heavy atom. The van der Waals surface area contributed by atoms with Gasteiger partial charge < -0.3 is 19.9 Å². The molecule has 2 N–H and O–H groups in total. The number of aliphatic hydroxyl groups excluding tert-OH is 1. The standard InChI is InChI=1S/C14H23NO3/c1-5-10(2)15-13(9-16)12-7-6-11(17-3)8-14(12)18-4/h6-8,10,13,15-16H,5,9H2,1-4H3. The van der Waals surface area contributed by atoms with E-state index in [1.165, 1.54) is 0 Å². The highest BCUT2D eigenvalue weighted by molar-refractivity contribution is 5.42. The van der Waals surface area contributed by atoms with Gasteiger partial charge in [0.05, 0.1) is 26.9 Å². The lowest BCUT2D eigenvalue weighted by molar-refractivity contribution is 0.230. The van der Waals surface area contributed by atoms with Crippen LogP contribution in [0.25, 0.3) is 0 Å². The largest absolute Gasteiger partial charge is 0.497 e. The van der Waals surface area contributed by atoms with Gasteiger partial charge in [0.1, 0.15) is 11.5 Å². The van der Waals surface area contributed by atoms with Crippen LogP contribution in [0.4, 0.5) is 0 Å². The van der Waals surface area contributed by atoms with E-state index in [9.17, 15) is 5.11 Å². The Labute approximate surface area is 109 Å². The molecule has 0 aliphatic carbocycles. The van der Waals surface area contributed by atoms with Gasteiger partial charge in [0.15, 0.2) is 0 Å². The van der Waals surface area contributed by atoms with E-state index in [0.29, 0.717) is 6.04 Å². The van der Waals surface area contributed by atoms with E-state index in [0.717, 1.165) is 23.5 Å². The van der Waals surface area contributed by atoms with E-state index in [2.05, 4.69) is 19.2 Å². The Kier molecular flexibility index (Phi) is 5.95. The Bertz CT molecular complexity index is 368. The fourth-order valence-electron chi connectivity index (χ4n) is 1.81. The summed E-state index contributed by atoms with van der Waals surface area (Å²) in [5.74, 6) is 1.47. The molecule has 4 heteroatoms. The number of nitrogens with one attached hydrogen (secondary N) is 1. The molecule has 0 bridgehead atoms. The average molecular weight is 253 g/mol. The van der Waals surface area contributed by atoms with Crippen LogP contribution in [0.15, 0.2) is 18.2 Å². The maximum Gasteiger partial charge on any atom is 0.127 e. The van der Waals surface area contributed by atoms with Crippen molar-refractivity contribution >= 4 is 0 Å². The van der Waals surface area contributed by atoms with Crippen LogP contribution in [0.5, 0.6) is 11.5 Å². The molecule has 0 spiro atoms. The zero-order valence-corrected chi connectivity index (χ0v) is 11.6. The van der Waals surface area contributed by atoms with E-state index in [-0.39, 0.29) is 12.6 Å². The highest BCUT2D eigenvalue weighted by Crippen LogP contribution is 2.29. The van der Waals surface area contributed by atoms with Crippen LogP contribution < -0.4 is 14.8 Å². The molecule has 0 aromatic heterocycles. The Balaban J connectivity index is 2.97. The monoisotopic (exact) mass is 253 g/mol. The number of hydrogen-bond donors (Lipinski definition) is 2. The van der Waals surface area contributed by atoms with Crippen LogP contribution in [-0.4, -0.2) is 32.0 Å². The minimum atomic E-state index is -0.124. The van der Waals surface area contributed by atoms with Gasteiger partial charge in [-0.3, -0.25) is 0 Å². The third kappa shape index (κ3) is 3.62. The molecule has 1 aromatic rings. The second-order valence-corrected chi connectivity index (χ2v) is 4.32. The maximum atomic E-state index is 9.52. The molecule has 1 aromatic carbocycles. The summed E-state index contributed by atoms with van der Waals surface area (Å²) in [6, 6.07) is 5.85. The summed E-state index contributed by atoms with van der Waals surface area (Å²) in [5, 5.41) is 12.9. The summed E-state index contributed by atoms with van der Waals surface area (Å²) in [6.45, 7) is 4.24. The molecular formula is C14H23NO3. The van der Waals surface area contributed by atoms with Crippen molar-refractivity contribution in [2.45, 2.75) is 32.4 Å².